The molecule has 4 heteroatoms. The van der Waals surface area contributed by atoms with Crippen LogP contribution in [0.25, 0.3) is 0 Å². The van der Waals surface area contributed by atoms with Gasteiger partial charge in [0.15, 0.2) is 0 Å². The lowest BCUT2D eigenvalue weighted by Crippen LogP contribution is -2.20. The molecule has 0 aliphatic rings. The van der Waals surface area contributed by atoms with Gasteiger partial charge in [-0.25, -0.2) is 4.98 Å². The summed E-state index contributed by atoms with van der Waals surface area (Å²) in [7, 11) is 0. The van der Waals surface area contributed by atoms with E-state index in [9.17, 15) is 0 Å². The van der Waals surface area contributed by atoms with Crippen molar-refractivity contribution < 1.29 is 0 Å². The molecular weight excluding hydrogens is 242 g/mol. The Hall–Kier alpha value is -0.610. The summed E-state index contributed by atoms with van der Waals surface area (Å²) in [4.78, 5) is 4.09. The van der Waals surface area contributed by atoms with E-state index in [1.807, 2.05) is 6.92 Å². The Morgan fingerprint density at radius 1 is 1.43 bits per heavy atom. The predicted molar refractivity (Wildman–Crippen MR) is 62.9 cm³/mol. The predicted octanol–water partition coefficient (Wildman–Crippen LogP) is 2.39. The highest BCUT2D eigenvalue weighted by Crippen LogP contribution is 2.30. The van der Waals surface area contributed by atoms with E-state index in [1.165, 1.54) is 0 Å². The summed E-state index contributed by atoms with van der Waals surface area (Å²) in [5.41, 5.74) is 13.9. The van der Waals surface area contributed by atoms with Gasteiger partial charge in [0.05, 0.1) is 0 Å². The van der Waals surface area contributed by atoms with Gasteiger partial charge < -0.3 is 11.5 Å². The average molecular weight is 258 g/mol. The molecule has 0 saturated carbocycles. The third-order valence-electron chi connectivity index (χ3n) is 2.41. The van der Waals surface area contributed by atoms with Crippen LogP contribution in [-0.2, 0) is 0 Å². The van der Waals surface area contributed by atoms with Gasteiger partial charge in [0.1, 0.15) is 5.82 Å². The molecule has 0 saturated heterocycles. The second-order valence-electron chi connectivity index (χ2n) is 3.80. The Balaban J connectivity index is 3.25. The molecule has 1 atom stereocenters. The number of aromatic nitrogens is 1. The molecule has 1 aromatic heterocycles. The molecule has 0 aliphatic carbocycles. The molecule has 0 amide bonds. The maximum absolute atomic E-state index is 6.07. The van der Waals surface area contributed by atoms with Gasteiger partial charge in [0.25, 0.3) is 0 Å². The molecule has 0 bridgehead atoms. The first kappa shape index (κ1) is 11.5. The number of nitrogen functional groups attached to an aromatic ring is 1. The number of nitrogens with zero attached hydrogens (tertiary/aromatic N) is 1. The minimum absolute atomic E-state index is 0.0556. The van der Waals surface area contributed by atoms with Crippen LogP contribution in [0.3, 0.4) is 0 Å². The highest BCUT2D eigenvalue weighted by Gasteiger charge is 2.18. The average Bonchev–Trinajstić information content (AvgIpc) is 2.12. The molecule has 0 unspecified atom stereocenters. The third kappa shape index (κ3) is 2.07. The van der Waals surface area contributed by atoms with Gasteiger partial charge in [0, 0.05) is 22.3 Å². The van der Waals surface area contributed by atoms with Crippen LogP contribution in [0, 0.1) is 12.8 Å². The number of rotatable bonds is 2. The quantitative estimate of drug-likeness (QED) is 0.856. The maximum atomic E-state index is 6.07. The van der Waals surface area contributed by atoms with Crippen molar-refractivity contribution in [2.24, 2.45) is 11.7 Å². The smallest absolute Gasteiger partial charge is 0.128 e. The monoisotopic (exact) mass is 257 g/mol. The Morgan fingerprint density at radius 3 is 2.50 bits per heavy atom. The zero-order valence-corrected chi connectivity index (χ0v) is 10.3. The van der Waals surface area contributed by atoms with Crippen LogP contribution < -0.4 is 11.5 Å². The molecule has 78 valence electrons. The third-order valence-corrected chi connectivity index (χ3v) is 3.21. The van der Waals surface area contributed by atoms with Crippen molar-refractivity contribution in [1.82, 2.24) is 4.98 Å². The topological polar surface area (TPSA) is 64.9 Å². The van der Waals surface area contributed by atoms with Crippen LogP contribution >= 0.6 is 15.9 Å². The highest BCUT2D eigenvalue weighted by atomic mass is 79.9. The molecule has 0 fully saturated rings. The van der Waals surface area contributed by atoms with Gasteiger partial charge in [-0.05, 0) is 34.3 Å². The van der Waals surface area contributed by atoms with E-state index >= 15 is 0 Å². The van der Waals surface area contributed by atoms with Crippen LogP contribution in [0.4, 0.5) is 5.82 Å². The summed E-state index contributed by atoms with van der Waals surface area (Å²) >= 11 is 3.42. The fourth-order valence-corrected chi connectivity index (χ4v) is 1.68. The Morgan fingerprint density at radius 2 is 2.00 bits per heavy atom. The summed E-state index contributed by atoms with van der Waals surface area (Å²) in [6, 6.07) is -0.0556. The summed E-state index contributed by atoms with van der Waals surface area (Å²) in [5.74, 6) is 0.888. The van der Waals surface area contributed by atoms with Gasteiger partial charge in [0.2, 0.25) is 0 Å². The van der Waals surface area contributed by atoms with Gasteiger partial charge in [-0.15, -0.1) is 0 Å². The number of hydrogen-bond acceptors (Lipinski definition) is 3. The summed E-state index contributed by atoms with van der Waals surface area (Å²) in [5, 5.41) is 0. The highest BCUT2D eigenvalue weighted by molar-refractivity contribution is 9.10. The maximum Gasteiger partial charge on any atom is 0.128 e. The molecule has 0 aliphatic heterocycles. The van der Waals surface area contributed by atoms with E-state index in [-0.39, 0.29) is 6.04 Å². The Kier molecular flexibility index (Phi) is 3.50. The molecule has 14 heavy (non-hydrogen) atoms. The van der Waals surface area contributed by atoms with Crippen LogP contribution in [0.1, 0.15) is 31.0 Å². The first-order valence-corrected chi connectivity index (χ1v) is 5.40. The standard InChI is InChI=1S/C10H16BrN3/c1-5(2)9(12)8-6(3)7(11)4-14-10(8)13/h4-5,9H,12H2,1-3H3,(H2,13,14)/t9-/m1/s1. The minimum atomic E-state index is -0.0556. The minimum Gasteiger partial charge on any atom is -0.383 e. The van der Waals surface area contributed by atoms with E-state index in [0.29, 0.717) is 11.7 Å². The van der Waals surface area contributed by atoms with Crippen molar-refractivity contribution in [3.8, 4) is 0 Å². The first-order valence-electron chi connectivity index (χ1n) is 4.61. The van der Waals surface area contributed by atoms with E-state index in [2.05, 4.69) is 34.8 Å². The lowest BCUT2D eigenvalue weighted by atomic mass is 9.94. The van der Waals surface area contributed by atoms with Gasteiger partial charge in [-0.2, -0.15) is 0 Å². The molecule has 1 aromatic rings. The zero-order valence-electron chi connectivity index (χ0n) is 8.71. The Labute approximate surface area is 93.0 Å². The Bertz CT molecular complexity index is 336. The zero-order chi connectivity index (χ0) is 10.9. The SMILES string of the molecule is Cc1c(Br)cnc(N)c1[C@H](N)C(C)C. The van der Waals surface area contributed by atoms with Gasteiger partial charge in [-0.3, -0.25) is 0 Å². The molecule has 0 aromatic carbocycles. The number of pyridine rings is 1. The van der Waals surface area contributed by atoms with Crippen LogP contribution in [-0.4, -0.2) is 4.98 Å². The van der Waals surface area contributed by atoms with Crippen LogP contribution in [0.15, 0.2) is 10.7 Å². The molecular formula is C10H16BrN3. The van der Waals surface area contributed by atoms with Crippen LogP contribution in [0.5, 0.6) is 0 Å². The molecule has 3 nitrogen and oxygen atoms in total. The number of hydrogen-bond donors (Lipinski definition) is 2. The molecule has 4 N–H and O–H groups in total. The number of halogens is 1. The lowest BCUT2D eigenvalue weighted by molar-refractivity contribution is 0.512. The van der Waals surface area contributed by atoms with Crippen LogP contribution in [0.2, 0.25) is 0 Å². The van der Waals surface area contributed by atoms with E-state index in [0.717, 1.165) is 15.6 Å². The lowest BCUT2D eigenvalue weighted by Gasteiger charge is -2.20. The van der Waals surface area contributed by atoms with E-state index in [1.54, 1.807) is 6.20 Å². The van der Waals surface area contributed by atoms with Crippen molar-refractivity contribution >= 4 is 21.7 Å². The van der Waals surface area contributed by atoms with Gasteiger partial charge >= 0.3 is 0 Å². The summed E-state index contributed by atoms with van der Waals surface area (Å²) < 4.78 is 0.956. The van der Waals surface area contributed by atoms with Crippen molar-refractivity contribution in [2.75, 3.05) is 5.73 Å². The molecule has 1 rings (SSSR count). The normalized spacial score (nSPS) is 13.3. The van der Waals surface area contributed by atoms with Gasteiger partial charge in [-0.1, -0.05) is 13.8 Å². The molecule has 0 spiro atoms. The summed E-state index contributed by atoms with van der Waals surface area (Å²) in [6.07, 6.45) is 1.71. The molecule has 0 radical (unpaired) electrons. The van der Waals surface area contributed by atoms with Crippen molar-refractivity contribution in [3.63, 3.8) is 0 Å². The van der Waals surface area contributed by atoms with Crippen molar-refractivity contribution in [1.29, 1.82) is 0 Å². The molecule has 1 heterocycles. The summed E-state index contributed by atoms with van der Waals surface area (Å²) in [6.45, 7) is 6.15. The van der Waals surface area contributed by atoms with Crippen molar-refractivity contribution in [2.45, 2.75) is 26.8 Å². The fraction of sp³-hybridized carbons (Fsp3) is 0.500. The number of nitrogens with two attached hydrogens (primary N) is 2. The van der Waals surface area contributed by atoms with Crippen molar-refractivity contribution in [3.05, 3.63) is 21.8 Å². The van der Waals surface area contributed by atoms with E-state index in [4.69, 9.17) is 11.5 Å². The first-order chi connectivity index (χ1) is 6.45. The second-order valence-corrected chi connectivity index (χ2v) is 4.65. The second kappa shape index (κ2) is 4.28. The largest absolute Gasteiger partial charge is 0.383 e. The van der Waals surface area contributed by atoms with E-state index < -0.39 is 0 Å². The number of anilines is 1. The fourth-order valence-electron chi connectivity index (χ4n) is 1.37.